The topological polar surface area (TPSA) is 252 Å². The first-order valence-electron chi connectivity index (χ1n) is 44.9. The third-order valence-electron chi connectivity index (χ3n) is 23.0. The predicted molar refractivity (Wildman–Crippen MR) is 499 cm³/mol. The predicted octanol–water partition coefficient (Wildman–Crippen LogP) is 18.2. The molecule has 4 saturated heterocycles. The highest BCUT2D eigenvalue weighted by atomic mass is 35.6. The Balaban J connectivity index is 0.905. The van der Waals surface area contributed by atoms with E-state index >= 15 is 0 Å². The van der Waals surface area contributed by atoms with E-state index in [9.17, 15) is 15.0 Å². The molecular weight excluding hydrogens is 1770 g/mol. The van der Waals surface area contributed by atoms with Crippen molar-refractivity contribution >= 4 is 52.6 Å². The summed E-state index contributed by atoms with van der Waals surface area (Å²) < 4.78 is 149. The SMILES string of the molecule is CC(=O)OC[C@H]1O[C@H](O[C@@H]2[C@@H](OC[C@H]3O[C@H](OC(=N)C(Cl)(Cl)Cl)[C@@H](OCc4ccccc4)[C@@H](OCc4ccccc4)[C@@H]3OCc3ccccc3)O[C@H](COCc3ccccc3)[C@@H](OCc3ccccc3)[C@@H]2OCc2ccccc2)[C@@H](O[C@H]2O[C@H](COCc3ccccc3)[C@@H](OCc3ccccc3)[C@H](OCc3ccccc3)[C@@H]2OCc2ccccc2)[C@@H](OCc2ccccc2)[C@@H]1OC(C)=O. The van der Waals surface area contributed by atoms with Crippen molar-refractivity contribution in [2.45, 2.75) is 213 Å². The molecule has 15 rings (SSSR count). The first-order valence-corrected chi connectivity index (χ1v) is 46.1. The van der Waals surface area contributed by atoms with Crippen LogP contribution in [0.25, 0.3) is 0 Å². The van der Waals surface area contributed by atoms with E-state index in [1.807, 2.05) is 334 Å². The lowest BCUT2D eigenvalue weighted by Crippen LogP contribution is -2.68. The van der Waals surface area contributed by atoms with Gasteiger partial charge in [0.15, 0.2) is 25.0 Å². The zero-order chi connectivity index (χ0) is 92.5. The molecule has 11 aromatic carbocycles. The Morgan fingerprint density at radius 1 is 0.246 bits per heavy atom. The maximum Gasteiger partial charge on any atom is 0.303 e. The van der Waals surface area contributed by atoms with Gasteiger partial charge in [-0.3, -0.25) is 15.0 Å². The number of hydrogen-bond acceptors (Lipinski definition) is 24. The zero-order valence-electron chi connectivity index (χ0n) is 74.4. The molecule has 4 fully saturated rings. The minimum absolute atomic E-state index is 0.00212. The highest BCUT2D eigenvalue weighted by Gasteiger charge is 2.60. The molecule has 1 N–H and O–H groups in total. The molecule has 4 aliphatic heterocycles. The van der Waals surface area contributed by atoms with Crippen molar-refractivity contribution < 1.29 is 109 Å². The van der Waals surface area contributed by atoms with Crippen molar-refractivity contribution in [3.63, 3.8) is 0 Å². The summed E-state index contributed by atoms with van der Waals surface area (Å²) in [6, 6.07) is 106. The fraction of sp³-hybridized carbons (Fsp3) is 0.355. The second-order valence-electron chi connectivity index (χ2n) is 32.9. The molecular formula is C107H112Cl3NO23. The van der Waals surface area contributed by atoms with Crippen LogP contribution in [0.5, 0.6) is 0 Å². The van der Waals surface area contributed by atoms with E-state index in [0.717, 1.165) is 55.6 Å². The third kappa shape index (κ3) is 29.3. The van der Waals surface area contributed by atoms with Gasteiger partial charge < -0.3 is 99.5 Å². The third-order valence-corrected chi connectivity index (χ3v) is 23.5. The first kappa shape index (κ1) is 98.5. The minimum Gasteiger partial charge on any atom is -0.463 e. The largest absolute Gasteiger partial charge is 0.463 e. The summed E-state index contributed by atoms with van der Waals surface area (Å²) in [6.45, 7) is 1.52. The second-order valence-corrected chi connectivity index (χ2v) is 35.2. The molecule has 4 heterocycles. The number of hydrogen-bond donors (Lipinski definition) is 1. The Hall–Kier alpha value is -10.0. The van der Waals surface area contributed by atoms with Gasteiger partial charge in [0, 0.05) is 13.8 Å². The van der Waals surface area contributed by atoms with Crippen LogP contribution < -0.4 is 0 Å². The maximum atomic E-state index is 14.3. The van der Waals surface area contributed by atoms with Crippen LogP contribution in [0.4, 0.5) is 0 Å². The van der Waals surface area contributed by atoms with Gasteiger partial charge in [-0.2, -0.15) is 0 Å². The smallest absolute Gasteiger partial charge is 0.303 e. The van der Waals surface area contributed by atoms with E-state index in [-0.39, 0.29) is 85.9 Å². The van der Waals surface area contributed by atoms with Crippen LogP contribution >= 0.6 is 34.8 Å². The van der Waals surface area contributed by atoms with Crippen molar-refractivity contribution in [2.24, 2.45) is 0 Å². The molecule has 0 saturated carbocycles. The molecule has 0 aromatic heterocycles. The molecule has 0 aliphatic carbocycles. The molecule has 27 heteroatoms. The Kier molecular flexibility index (Phi) is 37.7. The average molecular weight is 1890 g/mol. The van der Waals surface area contributed by atoms with Crippen molar-refractivity contribution in [1.82, 2.24) is 0 Å². The lowest BCUT2D eigenvalue weighted by molar-refractivity contribution is -0.405. The van der Waals surface area contributed by atoms with E-state index in [1.54, 1.807) is 0 Å². The van der Waals surface area contributed by atoms with Crippen LogP contribution in [0.3, 0.4) is 0 Å². The standard InChI is InChI=1S/C107H112Cl3NO23/c1-73(112)116-71-89-93(127-74(2)113)97(123-66-83-52-30-11-31-53-83)101(133-103-98(124-67-84-54-32-12-33-55-84)94(120-63-80-46-24-8-25-47-80)90(117-60-77-40-18-5-19-41-77)87(129-103)70-115-59-76-38-16-4-17-39-76)105(131-89)132-100-96(122-65-82-50-28-10-29-51-82)91(118-61-78-42-20-6-21-43-78)86(69-114-58-75-36-14-3-15-37-75)128-102(100)126-72-88-92(119-62-79-44-22-7-23-45-79)95(121-64-81-48-26-9-27-49-81)99(125-68-85-56-34-13-35-57-85)104(130-88)134-106(111)107(108,109)110/h3-57,86-105,111H,58-72H2,1-2H3/t86-,87-,88-,89-,90-,91-,92-,93-,94+,95+,96+,97+,98+,99+,100+,101+,102+,103-,104-,105-/m1/s1. The second kappa shape index (κ2) is 51.2. The normalized spacial score (nSPS) is 25.3. The van der Waals surface area contributed by atoms with Crippen LogP contribution in [0.15, 0.2) is 334 Å². The average Bonchev–Trinajstić information content (AvgIpc) is 0.762. The lowest BCUT2D eigenvalue weighted by atomic mass is 9.95. The Morgan fingerprint density at radius 3 is 0.761 bits per heavy atom. The fourth-order valence-corrected chi connectivity index (χ4v) is 16.5. The highest BCUT2D eigenvalue weighted by Crippen LogP contribution is 2.42. The van der Waals surface area contributed by atoms with Crippen molar-refractivity contribution in [1.29, 1.82) is 5.41 Å². The number of carbonyl (C=O) groups is 2. The molecule has 24 nitrogen and oxygen atoms in total. The van der Waals surface area contributed by atoms with Gasteiger partial charge in [0.25, 0.3) is 3.79 Å². The number of nitrogens with one attached hydrogen (secondary N) is 1. The van der Waals surface area contributed by atoms with E-state index in [1.165, 1.54) is 13.8 Å². The molecule has 4 aliphatic rings. The van der Waals surface area contributed by atoms with Crippen LogP contribution in [0.2, 0.25) is 0 Å². The van der Waals surface area contributed by atoms with E-state index in [2.05, 4.69) is 0 Å². The van der Waals surface area contributed by atoms with Crippen molar-refractivity contribution in [2.75, 3.05) is 26.4 Å². The molecule has 0 spiro atoms. The number of alkyl halides is 3. The summed E-state index contributed by atoms with van der Waals surface area (Å²) >= 11 is 19.7. The number of carbonyl (C=O) groups excluding carboxylic acids is 2. The number of esters is 2. The van der Waals surface area contributed by atoms with Gasteiger partial charge in [-0.05, 0) is 61.2 Å². The quantitative estimate of drug-likeness (QED) is 0.0161. The lowest BCUT2D eigenvalue weighted by Gasteiger charge is -2.52. The molecule has 134 heavy (non-hydrogen) atoms. The molecule has 0 bridgehead atoms. The summed E-state index contributed by atoms with van der Waals surface area (Å²) in [4.78, 5) is 27.8. The molecule has 0 unspecified atom stereocenters. The van der Waals surface area contributed by atoms with Gasteiger partial charge in [0.05, 0.1) is 92.5 Å². The van der Waals surface area contributed by atoms with Gasteiger partial charge in [-0.25, -0.2) is 0 Å². The van der Waals surface area contributed by atoms with Gasteiger partial charge in [0.1, 0.15) is 98.2 Å². The minimum atomic E-state index is -2.41. The summed E-state index contributed by atoms with van der Waals surface area (Å²) in [7, 11) is 0. The summed E-state index contributed by atoms with van der Waals surface area (Å²) in [5.74, 6) is -2.24. The Morgan fingerprint density at radius 2 is 0.470 bits per heavy atom. The molecule has 0 radical (unpaired) electrons. The monoisotopic (exact) mass is 1880 g/mol. The summed E-state index contributed by atoms with van der Waals surface area (Å²) in [5, 5.41) is 9.25. The zero-order valence-corrected chi connectivity index (χ0v) is 76.7. The molecule has 0 amide bonds. The van der Waals surface area contributed by atoms with E-state index in [0.29, 0.717) is 5.56 Å². The van der Waals surface area contributed by atoms with E-state index < -0.39 is 158 Å². The summed E-state index contributed by atoms with van der Waals surface area (Å²) in [5.41, 5.74) is 8.87. The maximum absolute atomic E-state index is 14.3. The Labute approximate surface area is 796 Å². The van der Waals surface area contributed by atoms with Crippen molar-refractivity contribution in [3.05, 3.63) is 395 Å². The molecule has 11 aromatic rings. The van der Waals surface area contributed by atoms with Gasteiger partial charge in [-0.1, -0.05) is 368 Å². The number of ether oxygens (including phenoxy) is 21. The highest BCUT2D eigenvalue weighted by molar-refractivity contribution is 6.76. The van der Waals surface area contributed by atoms with Gasteiger partial charge >= 0.3 is 11.9 Å². The molecule has 20 atom stereocenters. The molecule has 704 valence electrons. The number of benzene rings is 11. The number of halogens is 3. The Bertz CT molecular complexity index is 5230. The van der Waals surface area contributed by atoms with Crippen molar-refractivity contribution in [3.8, 4) is 0 Å². The first-order chi connectivity index (χ1) is 65.6. The van der Waals surface area contributed by atoms with Crippen LogP contribution in [0, 0.1) is 5.41 Å². The summed E-state index contributed by atoms with van der Waals surface area (Å²) in [6.07, 6.45) is -27.0. The number of rotatable bonds is 46. The van der Waals surface area contributed by atoms with Crippen LogP contribution in [-0.2, 0) is 182 Å². The van der Waals surface area contributed by atoms with Crippen LogP contribution in [-0.4, -0.2) is 171 Å². The van der Waals surface area contributed by atoms with Crippen LogP contribution in [0.1, 0.15) is 75.0 Å². The van der Waals surface area contributed by atoms with Gasteiger partial charge in [-0.15, -0.1) is 0 Å². The fourth-order valence-electron chi connectivity index (χ4n) is 16.4. The van der Waals surface area contributed by atoms with Gasteiger partial charge in [0.2, 0.25) is 12.2 Å². The van der Waals surface area contributed by atoms with E-state index in [4.69, 9.17) is 134 Å².